The molecule has 1 saturated carbocycles. The van der Waals surface area contributed by atoms with Gasteiger partial charge in [0.15, 0.2) is 0 Å². The molecule has 0 spiro atoms. The van der Waals surface area contributed by atoms with Crippen LogP contribution in [0.1, 0.15) is 31.2 Å². The quantitative estimate of drug-likeness (QED) is 0.908. The summed E-state index contributed by atoms with van der Waals surface area (Å²) < 4.78 is 31.5. The first-order valence-electron chi connectivity index (χ1n) is 6.79. The molecule has 2 rings (SSSR count). The van der Waals surface area contributed by atoms with Gasteiger partial charge >= 0.3 is 0 Å². The van der Waals surface area contributed by atoms with E-state index >= 15 is 0 Å². The highest BCUT2D eigenvalue weighted by molar-refractivity contribution is 6.30. The van der Waals surface area contributed by atoms with E-state index in [0.29, 0.717) is 30.0 Å². The predicted octanol–water partition coefficient (Wildman–Crippen LogP) is 4.08. The van der Waals surface area contributed by atoms with E-state index in [1.165, 1.54) is 0 Å². The average molecular weight is 305 g/mol. The second-order valence-corrected chi connectivity index (χ2v) is 5.86. The Kier molecular flexibility index (Phi) is 4.86. The normalized spacial score (nSPS) is 20.6. The predicted molar refractivity (Wildman–Crippen MR) is 74.6 cm³/mol. The Morgan fingerprint density at radius 1 is 1.40 bits per heavy atom. The van der Waals surface area contributed by atoms with Gasteiger partial charge in [-0.3, -0.25) is 0 Å². The van der Waals surface area contributed by atoms with E-state index in [1.807, 2.05) is 0 Å². The monoisotopic (exact) mass is 304 g/mol. The molecule has 1 N–H and O–H groups in total. The number of halogens is 3. The van der Waals surface area contributed by atoms with Crippen LogP contribution < -0.4 is 4.74 Å². The third kappa shape index (κ3) is 3.83. The van der Waals surface area contributed by atoms with Gasteiger partial charge in [-0.05, 0) is 42.5 Å². The van der Waals surface area contributed by atoms with Crippen LogP contribution in [0.5, 0.6) is 5.75 Å². The van der Waals surface area contributed by atoms with Crippen molar-refractivity contribution in [3.8, 4) is 5.75 Å². The Labute approximate surface area is 122 Å². The lowest BCUT2D eigenvalue weighted by molar-refractivity contribution is -0.0619. The van der Waals surface area contributed by atoms with E-state index in [2.05, 4.69) is 0 Å². The van der Waals surface area contributed by atoms with E-state index in [1.54, 1.807) is 25.3 Å². The molecular formula is C15H19ClF2O2. The molecule has 0 radical (unpaired) electrons. The van der Waals surface area contributed by atoms with Crippen LogP contribution >= 0.6 is 11.6 Å². The second kappa shape index (κ2) is 6.27. The lowest BCUT2D eigenvalue weighted by Gasteiger charge is -2.31. The first-order chi connectivity index (χ1) is 9.41. The minimum absolute atomic E-state index is 0.0849. The fourth-order valence-electron chi connectivity index (χ4n) is 2.75. The number of hydrogen-bond donors (Lipinski definition) is 1. The van der Waals surface area contributed by atoms with Crippen molar-refractivity contribution in [1.29, 1.82) is 0 Å². The molecule has 1 aromatic rings. The SMILES string of the molecule is COc1ccc(Cl)cc1CC(O)C1CCC(F)(F)CC1. The van der Waals surface area contributed by atoms with Crippen LogP contribution in [0, 0.1) is 5.92 Å². The zero-order valence-electron chi connectivity index (χ0n) is 11.4. The van der Waals surface area contributed by atoms with Crippen LogP contribution in [0.25, 0.3) is 0 Å². The molecule has 2 nitrogen and oxygen atoms in total. The summed E-state index contributed by atoms with van der Waals surface area (Å²) in [5.41, 5.74) is 0.810. The van der Waals surface area contributed by atoms with Gasteiger partial charge in [0, 0.05) is 24.3 Å². The number of ether oxygens (including phenoxy) is 1. The van der Waals surface area contributed by atoms with Gasteiger partial charge in [0.1, 0.15) is 5.75 Å². The molecule has 0 amide bonds. The van der Waals surface area contributed by atoms with Crippen molar-refractivity contribution in [3.63, 3.8) is 0 Å². The van der Waals surface area contributed by atoms with Crippen molar-refractivity contribution in [3.05, 3.63) is 28.8 Å². The van der Waals surface area contributed by atoms with Crippen LogP contribution in [-0.4, -0.2) is 24.2 Å². The minimum atomic E-state index is -2.57. The maximum absolute atomic E-state index is 13.1. The van der Waals surface area contributed by atoms with Gasteiger partial charge in [-0.2, -0.15) is 0 Å². The molecule has 0 aromatic heterocycles. The van der Waals surface area contributed by atoms with Gasteiger partial charge < -0.3 is 9.84 Å². The molecule has 112 valence electrons. The Bertz CT molecular complexity index is 455. The maximum Gasteiger partial charge on any atom is 0.248 e. The zero-order valence-corrected chi connectivity index (χ0v) is 12.2. The summed E-state index contributed by atoms with van der Waals surface area (Å²) in [6, 6.07) is 5.22. The topological polar surface area (TPSA) is 29.5 Å². The van der Waals surface area contributed by atoms with Crippen molar-refractivity contribution in [2.75, 3.05) is 7.11 Å². The number of rotatable bonds is 4. The second-order valence-electron chi connectivity index (χ2n) is 5.42. The van der Waals surface area contributed by atoms with E-state index < -0.39 is 12.0 Å². The van der Waals surface area contributed by atoms with E-state index in [4.69, 9.17) is 16.3 Å². The Morgan fingerprint density at radius 2 is 2.05 bits per heavy atom. The molecule has 1 atom stereocenters. The molecule has 1 fully saturated rings. The number of aliphatic hydroxyl groups is 1. The molecule has 1 aliphatic rings. The first kappa shape index (κ1) is 15.5. The highest BCUT2D eigenvalue weighted by atomic mass is 35.5. The van der Waals surface area contributed by atoms with Crippen molar-refractivity contribution in [2.24, 2.45) is 5.92 Å². The molecule has 1 unspecified atom stereocenters. The highest BCUT2D eigenvalue weighted by Gasteiger charge is 2.37. The van der Waals surface area contributed by atoms with E-state index in [0.717, 1.165) is 5.56 Å². The zero-order chi connectivity index (χ0) is 14.8. The summed E-state index contributed by atoms with van der Waals surface area (Å²) in [7, 11) is 1.56. The van der Waals surface area contributed by atoms with E-state index in [9.17, 15) is 13.9 Å². The third-order valence-electron chi connectivity index (χ3n) is 3.98. The summed E-state index contributed by atoms with van der Waals surface area (Å²) in [6.07, 6.45) is 0.176. The molecule has 0 heterocycles. The molecule has 0 aliphatic heterocycles. The van der Waals surface area contributed by atoms with Gasteiger partial charge in [-0.25, -0.2) is 8.78 Å². The Balaban J connectivity index is 2.01. The lowest BCUT2D eigenvalue weighted by Crippen LogP contribution is -2.32. The maximum atomic E-state index is 13.1. The van der Waals surface area contributed by atoms with Gasteiger partial charge in [-0.1, -0.05) is 11.6 Å². The van der Waals surface area contributed by atoms with Gasteiger partial charge in [0.2, 0.25) is 5.92 Å². The van der Waals surface area contributed by atoms with Gasteiger partial charge in [0.25, 0.3) is 0 Å². The largest absolute Gasteiger partial charge is 0.496 e. The van der Waals surface area contributed by atoms with Crippen molar-refractivity contribution in [2.45, 2.75) is 44.1 Å². The smallest absolute Gasteiger partial charge is 0.248 e. The average Bonchev–Trinajstić information content (AvgIpc) is 2.38. The Hall–Kier alpha value is -0.870. The van der Waals surface area contributed by atoms with Crippen molar-refractivity contribution < 1.29 is 18.6 Å². The Morgan fingerprint density at radius 3 is 2.65 bits per heavy atom. The van der Waals surface area contributed by atoms with Crippen molar-refractivity contribution in [1.82, 2.24) is 0 Å². The number of alkyl halides is 2. The molecule has 1 aromatic carbocycles. The van der Waals surface area contributed by atoms with Crippen LogP contribution in [0.4, 0.5) is 8.78 Å². The summed E-state index contributed by atoms with van der Waals surface area (Å²) >= 11 is 5.94. The van der Waals surface area contributed by atoms with Crippen LogP contribution in [0.3, 0.4) is 0 Å². The standard InChI is InChI=1S/C15H19ClF2O2/c1-20-14-3-2-12(16)8-11(14)9-13(19)10-4-6-15(17,18)7-5-10/h2-3,8,10,13,19H,4-7,9H2,1H3. The minimum Gasteiger partial charge on any atom is -0.496 e. The number of methoxy groups -OCH3 is 1. The van der Waals surface area contributed by atoms with Crippen LogP contribution in [-0.2, 0) is 6.42 Å². The van der Waals surface area contributed by atoms with Crippen LogP contribution in [0.15, 0.2) is 18.2 Å². The third-order valence-corrected chi connectivity index (χ3v) is 4.21. The summed E-state index contributed by atoms with van der Waals surface area (Å²) in [5.74, 6) is -1.99. The molecule has 0 saturated heterocycles. The summed E-state index contributed by atoms with van der Waals surface area (Å²) in [4.78, 5) is 0. The number of aliphatic hydroxyl groups excluding tert-OH is 1. The lowest BCUT2D eigenvalue weighted by atomic mass is 9.81. The van der Waals surface area contributed by atoms with Crippen LogP contribution in [0.2, 0.25) is 5.02 Å². The molecular weight excluding hydrogens is 286 g/mol. The first-order valence-corrected chi connectivity index (χ1v) is 7.17. The molecule has 0 bridgehead atoms. The van der Waals surface area contributed by atoms with Gasteiger partial charge in [-0.15, -0.1) is 0 Å². The number of benzene rings is 1. The summed E-state index contributed by atoms with van der Waals surface area (Å²) in [6.45, 7) is 0. The molecule has 20 heavy (non-hydrogen) atoms. The molecule has 1 aliphatic carbocycles. The number of hydrogen-bond acceptors (Lipinski definition) is 2. The van der Waals surface area contributed by atoms with Crippen molar-refractivity contribution >= 4 is 11.6 Å². The summed E-state index contributed by atoms with van der Waals surface area (Å²) in [5, 5.41) is 10.8. The fourth-order valence-corrected chi connectivity index (χ4v) is 2.94. The van der Waals surface area contributed by atoms with E-state index in [-0.39, 0.29) is 18.8 Å². The van der Waals surface area contributed by atoms with Gasteiger partial charge in [0.05, 0.1) is 13.2 Å². The molecule has 5 heteroatoms. The highest BCUT2D eigenvalue weighted by Crippen LogP contribution is 2.38. The fraction of sp³-hybridized carbons (Fsp3) is 0.600.